The molecule has 36 heavy (non-hydrogen) atoms. The highest BCUT2D eigenvalue weighted by atomic mass is 35.5. The third-order valence-corrected chi connectivity index (χ3v) is 7.18. The molecule has 2 aliphatic carbocycles. The highest BCUT2D eigenvalue weighted by Gasteiger charge is 2.36. The van der Waals surface area contributed by atoms with Gasteiger partial charge in [0.05, 0.1) is 22.0 Å². The van der Waals surface area contributed by atoms with Crippen molar-refractivity contribution in [3.63, 3.8) is 0 Å². The molecule has 10 heteroatoms. The van der Waals surface area contributed by atoms with E-state index in [9.17, 15) is 14.5 Å². The second-order valence-corrected chi connectivity index (χ2v) is 9.86. The van der Waals surface area contributed by atoms with Crippen molar-refractivity contribution >= 4 is 23.4 Å². The van der Waals surface area contributed by atoms with Gasteiger partial charge >= 0.3 is 0 Å². The normalized spacial score (nSPS) is 16.8. The third kappa shape index (κ3) is 4.28. The van der Waals surface area contributed by atoms with E-state index >= 15 is 4.39 Å². The number of nitrogens with zero attached hydrogens (tertiary/aromatic N) is 4. The van der Waals surface area contributed by atoms with Crippen LogP contribution in [0.25, 0.3) is 11.3 Å². The maximum Gasteiger partial charge on any atom is 0.280 e. The van der Waals surface area contributed by atoms with E-state index < -0.39 is 11.7 Å². The number of hydrogen-bond donors (Lipinski definition) is 0. The summed E-state index contributed by atoms with van der Waals surface area (Å²) in [6.07, 6.45) is 3.27. The summed E-state index contributed by atoms with van der Waals surface area (Å²) in [5.41, 5.74) is 3.04. The number of aromatic nitrogens is 2. The number of carbonyl (C=O) groups excluding carboxylic acids is 2. The van der Waals surface area contributed by atoms with Crippen molar-refractivity contribution in [1.29, 1.82) is 0 Å². The Morgan fingerprint density at radius 2 is 1.97 bits per heavy atom. The molecule has 0 saturated heterocycles. The summed E-state index contributed by atoms with van der Waals surface area (Å²) in [6.45, 7) is 0. The number of carbonyl (C=O) groups is 2. The number of rotatable bonds is 6. The Hall–Kier alpha value is -3.59. The van der Waals surface area contributed by atoms with E-state index in [4.69, 9.17) is 11.6 Å². The summed E-state index contributed by atoms with van der Waals surface area (Å²) >= 11 is 6.52. The van der Waals surface area contributed by atoms with E-state index in [1.165, 1.54) is 21.7 Å². The minimum atomic E-state index is -0.668. The minimum absolute atomic E-state index is 0.0344. The quantitative estimate of drug-likeness (QED) is 0.337. The van der Waals surface area contributed by atoms with Crippen LogP contribution in [0.15, 0.2) is 41.7 Å². The van der Waals surface area contributed by atoms with Gasteiger partial charge < -0.3 is 9.74 Å². The topological polar surface area (TPSA) is 93.9 Å². The van der Waals surface area contributed by atoms with Crippen LogP contribution in [0.2, 0.25) is 5.02 Å². The Balaban J connectivity index is 1.65. The summed E-state index contributed by atoms with van der Waals surface area (Å²) in [4.78, 5) is 43.1. The van der Waals surface area contributed by atoms with Crippen molar-refractivity contribution < 1.29 is 18.8 Å². The Labute approximate surface area is 211 Å². The van der Waals surface area contributed by atoms with Crippen molar-refractivity contribution in [2.24, 2.45) is 11.3 Å². The maximum atomic E-state index is 15.1. The number of benzene rings is 2. The number of halogens is 2. The Bertz CT molecular complexity index is 1380. The molecule has 0 spiro atoms. The van der Waals surface area contributed by atoms with Gasteiger partial charge in [-0.05, 0) is 55.4 Å². The van der Waals surface area contributed by atoms with Gasteiger partial charge in [0.2, 0.25) is 5.91 Å². The third-order valence-electron chi connectivity index (χ3n) is 6.87. The van der Waals surface area contributed by atoms with Gasteiger partial charge in [0.1, 0.15) is 5.82 Å². The first kappa shape index (κ1) is 24.1. The molecule has 1 amide bonds. The molecule has 1 saturated carbocycles. The van der Waals surface area contributed by atoms with E-state index in [2.05, 4.69) is 15.3 Å². The van der Waals surface area contributed by atoms with Crippen LogP contribution in [0.5, 0.6) is 5.75 Å². The molecule has 0 radical (unpaired) electrons. The minimum Gasteiger partial charge on any atom is -0.349 e. The van der Waals surface area contributed by atoms with Gasteiger partial charge in [-0.25, -0.2) is 4.39 Å². The second kappa shape index (κ2) is 9.46. The maximum absolute atomic E-state index is 15.1. The van der Waals surface area contributed by atoms with Crippen LogP contribution >= 0.6 is 11.6 Å². The molecule has 2 aliphatic rings. The van der Waals surface area contributed by atoms with Gasteiger partial charge in [-0.3, -0.25) is 9.59 Å². The van der Waals surface area contributed by atoms with E-state index in [-0.39, 0.29) is 29.1 Å². The van der Waals surface area contributed by atoms with Crippen LogP contribution in [-0.4, -0.2) is 40.6 Å². The number of hydrogen-bond acceptors (Lipinski definition) is 6. The molecule has 1 aromatic heterocycles. The van der Waals surface area contributed by atoms with Crippen molar-refractivity contribution in [2.45, 2.75) is 38.0 Å². The van der Waals surface area contributed by atoms with Gasteiger partial charge in [0, 0.05) is 43.6 Å². The fourth-order valence-corrected chi connectivity index (χ4v) is 5.23. The van der Waals surface area contributed by atoms with Crippen LogP contribution in [0.1, 0.15) is 52.4 Å². The first-order valence-corrected chi connectivity index (χ1v) is 12.1. The summed E-state index contributed by atoms with van der Waals surface area (Å²) < 4.78 is 16.4. The number of amides is 1. The summed E-state index contributed by atoms with van der Waals surface area (Å²) in [6, 6.07) is 9.31. The number of fused-ring (bicyclic) bond motifs is 1. The predicted octanol–water partition coefficient (Wildman–Crippen LogP) is 5.16. The molecule has 186 valence electrons. The van der Waals surface area contributed by atoms with Crippen molar-refractivity contribution in [1.82, 2.24) is 14.7 Å². The molecule has 0 aliphatic heterocycles. The summed E-state index contributed by atoms with van der Waals surface area (Å²) in [5.74, 6) is -1.19. The molecule has 5 rings (SSSR count). The fraction of sp³-hybridized carbons (Fsp3) is 0.346. The molecular weight excluding hydrogens is 487 g/mol. The van der Waals surface area contributed by atoms with Crippen LogP contribution in [0.3, 0.4) is 0 Å². The lowest BCUT2D eigenvalue weighted by molar-refractivity contribution is -0.133. The zero-order valence-electron chi connectivity index (χ0n) is 19.8. The van der Waals surface area contributed by atoms with E-state index in [0.29, 0.717) is 46.8 Å². The Morgan fingerprint density at radius 1 is 1.19 bits per heavy atom. The molecule has 1 atom stereocenters. The molecular formula is C26H24ClFN4O4. The summed E-state index contributed by atoms with van der Waals surface area (Å²) in [5, 5.41) is 7.25. The van der Waals surface area contributed by atoms with Crippen LogP contribution < -0.4 is 4.84 Å². The zero-order valence-corrected chi connectivity index (χ0v) is 20.6. The fourth-order valence-electron chi connectivity index (χ4n) is 4.97. The highest BCUT2D eigenvalue weighted by molar-refractivity contribution is 6.34. The van der Waals surface area contributed by atoms with Gasteiger partial charge in [0.25, 0.3) is 5.91 Å². The largest absolute Gasteiger partial charge is 0.349 e. The predicted molar refractivity (Wildman–Crippen MR) is 131 cm³/mol. The van der Waals surface area contributed by atoms with Gasteiger partial charge in [-0.15, -0.1) is 4.91 Å². The lowest BCUT2D eigenvalue weighted by Crippen LogP contribution is -2.34. The summed E-state index contributed by atoms with van der Waals surface area (Å²) in [7, 11) is 3.40. The lowest BCUT2D eigenvalue weighted by Gasteiger charge is -2.25. The van der Waals surface area contributed by atoms with E-state index in [1.807, 2.05) is 12.1 Å². The molecule has 3 aromatic rings. The van der Waals surface area contributed by atoms with E-state index in [1.54, 1.807) is 20.2 Å². The molecule has 0 unspecified atom stereocenters. The SMILES string of the molecule is CN(C)C(=O)[C@H]1CCc2c(-c3ccc(ON=O)cc3F)nn(C(=O)c3c(Cl)cccc3C3CC3)c2C1. The molecule has 1 heterocycles. The van der Waals surface area contributed by atoms with Gasteiger partial charge in [0.15, 0.2) is 11.1 Å². The first-order valence-electron chi connectivity index (χ1n) is 11.7. The molecule has 1 fully saturated rings. The second-order valence-electron chi connectivity index (χ2n) is 9.45. The average molecular weight is 511 g/mol. The Kier molecular flexibility index (Phi) is 6.34. The van der Waals surface area contributed by atoms with Crippen molar-refractivity contribution in [3.05, 3.63) is 74.5 Å². The van der Waals surface area contributed by atoms with Crippen molar-refractivity contribution in [2.75, 3.05) is 14.1 Å². The zero-order chi connectivity index (χ0) is 25.6. The first-order chi connectivity index (χ1) is 17.3. The molecule has 0 bridgehead atoms. The van der Waals surface area contributed by atoms with Crippen LogP contribution in [-0.2, 0) is 17.6 Å². The molecule has 0 N–H and O–H groups in total. The highest BCUT2D eigenvalue weighted by Crippen LogP contribution is 2.44. The van der Waals surface area contributed by atoms with Gasteiger partial charge in [-0.1, -0.05) is 23.7 Å². The van der Waals surface area contributed by atoms with Crippen LogP contribution in [0.4, 0.5) is 4.39 Å². The van der Waals surface area contributed by atoms with Crippen LogP contribution in [0, 0.1) is 16.6 Å². The van der Waals surface area contributed by atoms with Gasteiger partial charge in [-0.2, -0.15) is 9.78 Å². The molecule has 2 aromatic carbocycles. The standard InChI is InChI=1S/C26H24ClFN4O4/c1-31(2)25(33)15-8-10-19-22(12-15)32(26(34)23-17(14-6-7-14)4-3-5-20(23)27)29-24(19)18-11-9-16(36-30-35)13-21(18)28/h3-5,9,11,13-15H,6-8,10,12H2,1-2H3/t15-/m0/s1. The lowest BCUT2D eigenvalue weighted by atomic mass is 9.85. The van der Waals surface area contributed by atoms with E-state index in [0.717, 1.165) is 24.5 Å². The Morgan fingerprint density at radius 3 is 2.64 bits per heavy atom. The monoisotopic (exact) mass is 510 g/mol. The molecule has 8 nitrogen and oxygen atoms in total. The van der Waals surface area contributed by atoms with Crippen molar-refractivity contribution in [3.8, 4) is 17.0 Å². The smallest absolute Gasteiger partial charge is 0.280 e. The average Bonchev–Trinajstić information content (AvgIpc) is 3.64.